The van der Waals surface area contributed by atoms with Gasteiger partial charge in [-0.05, 0) is 107 Å². The molecule has 0 atom stereocenters. The first-order chi connectivity index (χ1) is 26.1. The molecule has 0 aliphatic carbocycles. The third-order valence-electron chi connectivity index (χ3n) is 11.3. The lowest BCUT2D eigenvalue weighted by Gasteiger charge is -2.42. The minimum absolute atomic E-state index is 0.154. The summed E-state index contributed by atoms with van der Waals surface area (Å²) >= 11 is 0. The van der Waals surface area contributed by atoms with Crippen LogP contribution in [0, 0.1) is 0 Å². The second-order valence-electron chi connectivity index (χ2n) is 15.1. The van der Waals surface area contributed by atoms with Crippen molar-refractivity contribution in [2.45, 2.75) is 38.5 Å². The highest BCUT2D eigenvalue weighted by molar-refractivity contribution is 6.11. The van der Waals surface area contributed by atoms with E-state index in [2.05, 4.69) is 140 Å². The standard InChI is InChI=1S/C49H39N3O2/c1-48(2)36-14-5-9-20-42(36)51(43-21-10-6-15-37(43)48)34-28-24-32(25-29-34)46(53)40-18-13-19-41(50-40)47(54)33-26-30-35(31-27-33)52-44-22-11-7-16-38(44)49(3,4)39-17-8-12-23-45(39)52/h5-31H,1-4H3. The van der Waals surface area contributed by atoms with Gasteiger partial charge in [-0.2, -0.15) is 0 Å². The van der Waals surface area contributed by atoms with Crippen LogP contribution in [0.1, 0.15) is 82.1 Å². The summed E-state index contributed by atoms with van der Waals surface area (Å²) in [6.45, 7) is 9.05. The maximum atomic E-state index is 13.8. The van der Waals surface area contributed by atoms with Crippen LogP contribution in [-0.4, -0.2) is 16.6 Å². The topological polar surface area (TPSA) is 53.5 Å². The lowest BCUT2D eigenvalue weighted by molar-refractivity contribution is 0.103. The van der Waals surface area contributed by atoms with E-state index in [1.807, 2.05) is 48.5 Å². The third-order valence-corrected chi connectivity index (χ3v) is 11.3. The van der Waals surface area contributed by atoms with Crippen LogP contribution in [0.25, 0.3) is 0 Å². The molecule has 5 nitrogen and oxygen atoms in total. The Labute approximate surface area is 316 Å². The number of ketones is 2. The molecule has 1 aromatic heterocycles. The van der Waals surface area contributed by atoms with Gasteiger partial charge >= 0.3 is 0 Å². The fourth-order valence-electron chi connectivity index (χ4n) is 8.40. The van der Waals surface area contributed by atoms with Gasteiger partial charge in [0.2, 0.25) is 11.6 Å². The largest absolute Gasteiger partial charge is 0.310 e. The smallest absolute Gasteiger partial charge is 0.211 e. The number of aromatic nitrogens is 1. The number of hydrogen-bond acceptors (Lipinski definition) is 5. The van der Waals surface area contributed by atoms with E-state index in [4.69, 9.17) is 0 Å². The summed E-state index contributed by atoms with van der Waals surface area (Å²) in [5.74, 6) is -0.477. The Balaban J connectivity index is 0.980. The summed E-state index contributed by atoms with van der Waals surface area (Å²) in [6, 6.07) is 54.3. The molecule has 0 bridgehead atoms. The molecule has 262 valence electrons. The molecule has 2 aliphatic rings. The SMILES string of the molecule is CC1(C)c2ccccc2N(c2ccc(C(=O)c3cccc(C(=O)c4ccc(N5c6ccccc6C(C)(C)c6ccccc65)cc4)n3)cc2)c2ccccc21. The summed E-state index contributed by atoms with van der Waals surface area (Å²) in [5.41, 5.74) is 12.5. The van der Waals surface area contributed by atoms with Crippen molar-refractivity contribution in [3.8, 4) is 0 Å². The van der Waals surface area contributed by atoms with Crippen LogP contribution in [0.5, 0.6) is 0 Å². The molecule has 0 radical (unpaired) electrons. The van der Waals surface area contributed by atoms with Crippen LogP contribution >= 0.6 is 0 Å². The normalized spacial score (nSPS) is 14.7. The maximum Gasteiger partial charge on any atom is 0.211 e. The zero-order valence-corrected chi connectivity index (χ0v) is 30.7. The van der Waals surface area contributed by atoms with Gasteiger partial charge in [0.1, 0.15) is 11.4 Å². The average molecular weight is 702 g/mol. The van der Waals surface area contributed by atoms with Gasteiger partial charge < -0.3 is 9.80 Å². The lowest BCUT2D eigenvalue weighted by atomic mass is 9.73. The number of rotatable bonds is 6. The van der Waals surface area contributed by atoms with E-state index >= 15 is 0 Å². The number of benzene rings is 6. The summed E-state index contributed by atoms with van der Waals surface area (Å²) in [4.78, 5) is 36.7. The van der Waals surface area contributed by atoms with Crippen LogP contribution in [-0.2, 0) is 10.8 Å². The van der Waals surface area contributed by atoms with Crippen molar-refractivity contribution in [2.75, 3.05) is 9.80 Å². The molecular weight excluding hydrogens is 663 g/mol. The van der Waals surface area contributed by atoms with Gasteiger partial charge in [-0.1, -0.05) is 107 Å². The van der Waals surface area contributed by atoms with E-state index in [1.165, 1.54) is 22.3 Å². The summed E-state index contributed by atoms with van der Waals surface area (Å²) in [7, 11) is 0. The molecule has 0 amide bonds. The number of nitrogens with zero attached hydrogens (tertiary/aromatic N) is 3. The van der Waals surface area contributed by atoms with E-state index in [-0.39, 0.29) is 33.8 Å². The predicted molar refractivity (Wildman–Crippen MR) is 218 cm³/mol. The molecule has 54 heavy (non-hydrogen) atoms. The second-order valence-corrected chi connectivity index (χ2v) is 15.1. The Morgan fingerprint density at radius 1 is 0.389 bits per heavy atom. The molecular formula is C49H39N3O2. The van der Waals surface area contributed by atoms with E-state index < -0.39 is 0 Å². The highest BCUT2D eigenvalue weighted by atomic mass is 16.1. The van der Waals surface area contributed by atoms with Crippen molar-refractivity contribution >= 4 is 45.7 Å². The van der Waals surface area contributed by atoms with Crippen LogP contribution in [0.15, 0.2) is 164 Å². The van der Waals surface area contributed by atoms with Gasteiger partial charge in [-0.25, -0.2) is 4.98 Å². The number of anilines is 6. The van der Waals surface area contributed by atoms with Gasteiger partial charge in [0.05, 0.1) is 22.7 Å². The average Bonchev–Trinajstić information content (AvgIpc) is 3.21. The van der Waals surface area contributed by atoms with Crippen molar-refractivity contribution in [3.05, 3.63) is 209 Å². The second kappa shape index (κ2) is 12.5. The fraction of sp³-hybridized carbons (Fsp3) is 0.122. The number of pyridine rings is 1. The molecule has 0 spiro atoms. The summed E-state index contributed by atoms with van der Waals surface area (Å²) in [5, 5.41) is 0. The van der Waals surface area contributed by atoms with Crippen LogP contribution in [0.3, 0.4) is 0 Å². The Kier molecular flexibility index (Phi) is 7.71. The first-order valence-electron chi connectivity index (χ1n) is 18.4. The van der Waals surface area contributed by atoms with Crippen molar-refractivity contribution in [1.82, 2.24) is 4.98 Å². The van der Waals surface area contributed by atoms with Crippen LogP contribution in [0.2, 0.25) is 0 Å². The minimum atomic E-state index is -0.238. The van der Waals surface area contributed by atoms with Gasteiger partial charge in [-0.15, -0.1) is 0 Å². The Morgan fingerprint density at radius 2 is 0.685 bits per heavy atom. The van der Waals surface area contributed by atoms with Gasteiger partial charge in [0, 0.05) is 33.3 Å². The molecule has 7 aromatic rings. The molecule has 6 aromatic carbocycles. The zero-order chi connectivity index (χ0) is 37.2. The molecule has 0 saturated heterocycles. The number of hydrogen-bond donors (Lipinski definition) is 0. The van der Waals surface area contributed by atoms with Gasteiger partial charge in [-0.3, -0.25) is 9.59 Å². The first-order valence-corrected chi connectivity index (χ1v) is 18.4. The molecule has 0 unspecified atom stereocenters. The molecule has 0 fully saturated rings. The van der Waals surface area contributed by atoms with Crippen LogP contribution in [0.4, 0.5) is 34.1 Å². The first kappa shape index (κ1) is 33.3. The van der Waals surface area contributed by atoms with Gasteiger partial charge in [0.25, 0.3) is 0 Å². The van der Waals surface area contributed by atoms with Gasteiger partial charge in [0.15, 0.2) is 0 Å². The van der Waals surface area contributed by atoms with Crippen molar-refractivity contribution < 1.29 is 9.59 Å². The molecule has 5 heteroatoms. The molecule has 0 saturated carbocycles. The predicted octanol–water partition coefficient (Wildman–Crippen LogP) is 11.8. The highest BCUT2D eigenvalue weighted by Gasteiger charge is 2.38. The van der Waals surface area contributed by atoms with Crippen molar-refractivity contribution in [3.63, 3.8) is 0 Å². The quantitative estimate of drug-likeness (QED) is 0.162. The zero-order valence-electron chi connectivity index (χ0n) is 30.7. The number of fused-ring (bicyclic) bond motifs is 4. The monoisotopic (exact) mass is 701 g/mol. The lowest BCUT2D eigenvalue weighted by Crippen LogP contribution is -2.30. The van der Waals surface area contributed by atoms with E-state index in [9.17, 15) is 9.59 Å². The highest BCUT2D eigenvalue weighted by Crippen LogP contribution is 2.53. The maximum absolute atomic E-state index is 13.8. The van der Waals surface area contributed by atoms with E-state index in [0.717, 1.165) is 34.1 Å². The molecule has 0 N–H and O–H groups in total. The molecule has 3 heterocycles. The number of carbonyl (C=O) groups is 2. The number of carbonyl (C=O) groups excluding carboxylic acids is 2. The van der Waals surface area contributed by atoms with E-state index in [1.54, 1.807) is 18.2 Å². The molecule has 9 rings (SSSR count). The third kappa shape index (κ3) is 5.19. The minimum Gasteiger partial charge on any atom is -0.310 e. The Morgan fingerprint density at radius 3 is 1.00 bits per heavy atom. The van der Waals surface area contributed by atoms with Crippen LogP contribution < -0.4 is 9.80 Å². The molecule has 2 aliphatic heterocycles. The van der Waals surface area contributed by atoms with Crippen molar-refractivity contribution in [1.29, 1.82) is 0 Å². The summed E-state index contributed by atoms with van der Waals surface area (Å²) in [6.07, 6.45) is 0. The van der Waals surface area contributed by atoms with Crippen molar-refractivity contribution in [2.24, 2.45) is 0 Å². The Bertz CT molecular complexity index is 2330. The van der Waals surface area contributed by atoms with E-state index in [0.29, 0.717) is 11.1 Å². The Hall–Kier alpha value is -6.59. The number of para-hydroxylation sites is 4. The summed E-state index contributed by atoms with van der Waals surface area (Å²) < 4.78 is 0. The fourth-order valence-corrected chi connectivity index (χ4v) is 8.40.